The second-order valence-electron chi connectivity index (χ2n) is 10.2. The number of ether oxygens (including phenoxy) is 1. The number of nitrogens with one attached hydrogen (secondary N) is 1. The fourth-order valence-corrected chi connectivity index (χ4v) is 7.18. The van der Waals surface area contributed by atoms with E-state index in [1.54, 1.807) is 16.7 Å². The van der Waals surface area contributed by atoms with E-state index in [1.807, 2.05) is 106 Å². The second-order valence-corrected chi connectivity index (χ2v) is 12.0. The Morgan fingerprint density at radius 2 is 1.55 bits per heavy atom. The molecule has 192 valence electrons. The number of β-lactam (4-membered cyclic amide) rings is 1. The van der Waals surface area contributed by atoms with Gasteiger partial charge in [0.15, 0.2) is 6.10 Å². The number of aryl methyl sites for hydroxylation is 1. The van der Waals surface area contributed by atoms with Gasteiger partial charge < -0.3 is 9.64 Å². The van der Waals surface area contributed by atoms with Crippen molar-refractivity contribution in [1.82, 2.24) is 20.3 Å². The molecule has 38 heavy (non-hydrogen) atoms. The number of esters is 1. The Balaban J connectivity index is 1.29. The Hall–Kier alpha value is -3.91. The Morgan fingerprint density at radius 1 is 0.947 bits per heavy atom. The zero-order valence-electron chi connectivity index (χ0n) is 21.4. The summed E-state index contributed by atoms with van der Waals surface area (Å²) in [4.78, 5) is 29.2. The van der Waals surface area contributed by atoms with Gasteiger partial charge in [0.2, 0.25) is 5.91 Å². The lowest BCUT2D eigenvalue weighted by Crippen LogP contribution is -2.61. The average molecular weight is 525 g/mol. The number of carbonyl (C=O) groups excluding carboxylic acids is 2. The Kier molecular flexibility index (Phi) is 6.07. The molecule has 4 aromatic rings. The molecule has 0 radical (unpaired) electrons. The highest BCUT2D eigenvalue weighted by Crippen LogP contribution is 2.57. The maximum Gasteiger partial charge on any atom is 0.331 e. The van der Waals surface area contributed by atoms with Gasteiger partial charge in [-0.3, -0.25) is 4.79 Å². The van der Waals surface area contributed by atoms with Crippen LogP contribution in [-0.4, -0.2) is 48.3 Å². The summed E-state index contributed by atoms with van der Waals surface area (Å²) in [6.45, 7) is 6.01. The highest BCUT2D eigenvalue weighted by Gasteiger charge is 2.65. The number of aromatic amines is 1. The molecule has 6 rings (SSSR count). The van der Waals surface area contributed by atoms with Crippen LogP contribution in [0.3, 0.4) is 0 Å². The number of hydrogen-bond donors (Lipinski definition) is 1. The monoisotopic (exact) mass is 524 g/mol. The summed E-state index contributed by atoms with van der Waals surface area (Å²) in [6, 6.07) is 26.6. The van der Waals surface area contributed by atoms with Crippen LogP contribution in [0.2, 0.25) is 0 Å². The number of carbonyl (C=O) groups is 2. The number of thioether (sulfide) groups is 1. The first kappa shape index (κ1) is 24.4. The van der Waals surface area contributed by atoms with Gasteiger partial charge in [-0.25, -0.2) is 4.79 Å². The zero-order valence-corrected chi connectivity index (χ0v) is 22.2. The van der Waals surface area contributed by atoms with Gasteiger partial charge in [-0.1, -0.05) is 84.9 Å². The van der Waals surface area contributed by atoms with Crippen LogP contribution in [0.25, 0.3) is 11.3 Å². The zero-order chi connectivity index (χ0) is 26.4. The third kappa shape index (κ3) is 4.00. The summed E-state index contributed by atoms with van der Waals surface area (Å²) in [5.74, 6) is -1.02. The van der Waals surface area contributed by atoms with E-state index in [1.165, 1.54) is 0 Å². The molecular weight excluding hydrogens is 496 g/mol. The highest BCUT2D eigenvalue weighted by molar-refractivity contribution is 8.01. The number of amides is 1. The van der Waals surface area contributed by atoms with Crippen molar-refractivity contribution in [2.45, 2.75) is 49.0 Å². The maximum absolute atomic E-state index is 13.8. The normalized spacial score (nSPS) is 21.7. The molecule has 0 aliphatic carbocycles. The first-order valence-electron chi connectivity index (χ1n) is 12.6. The van der Waals surface area contributed by atoms with E-state index in [0.717, 1.165) is 22.3 Å². The van der Waals surface area contributed by atoms with Crippen molar-refractivity contribution in [2.24, 2.45) is 0 Å². The summed E-state index contributed by atoms with van der Waals surface area (Å²) in [7, 11) is 0. The first-order valence-corrected chi connectivity index (χ1v) is 13.5. The Labute approximate surface area is 225 Å². The van der Waals surface area contributed by atoms with Gasteiger partial charge in [-0.2, -0.15) is 15.4 Å². The molecule has 1 amide bonds. The number of H-pyrrole nitrogens is 1. The molecule has 1 aromatic heterocycles. The van der Waals surface area contributed by atoms with Crippen LogP contribution < -0.4 is 0 Å². The lowest BCUT2D eigenvalue weighted by molar-refractivity contribution is -0.165. The standard InChI is InChI=1S/C30H28N4O3S/c1-18-12-10-11-17-21(18)23-24(32-33-31-23)22-27(35)34-26(30(2,3)38-28(22)34)29(36)37-25(19-13-6-4-7-14-19)20-15-8-5-9-16-20/h4-17,22,25-26,28H,1-3H3,(H,31,32,33)/t22?,26-,28+/m0/s1. The average Bonchev–Trinajstić information content (AvgIpc) is 3.48. The Bertz CT molecular complexity index is 1450. The van der Waals surface area contributed by atoms with E-state index in [2.05, 4.69) is 15.4 Å². The van der Waals surface area contributed by atoms with E-state index in [-0.39, 0.29) is 11.3 Å². The summed E-state index contributed by atoms with van der Waals surface area (Å²) < 4.78 is 5.65. The van der Waals surface area contributed by atoms with Crippen LogP contribution in [0, 0.1) is 6.92 Å². The summed E-state index contributed by atoms with van der Waals surface area (Å²) in [5, 5.41) is 11.3. The summed E-state index contributed by atoms with van der Waals surface area (Å²) in [6.07, 6.45) is -0.569. The predicted octanol–water partition coefficient (Wildman–Crippen LogP) is 5.26. The van der Waals surface area contributed by atoms with Crippen molar-refractivity contribution in [3.8, 4) is 11.3 Å². The largest absolute Gasteiger partial charge is 0.451 e. The van der Waals surface area contributed by atoms with Crippen LogP contribution in [0.4, 0.5) is 0 Å². The molecule has 1 unspecified atom stereocenters. The number of rotatable bonds is 6. The van der Waals surface area contributed by atoms with Crippen molar-refractivity contribution in [2.75, 3.05) is 0 Å². The predicted molar refractivity (Wildman–Crippen MR) is 146 cm³/mol. The van der Waals surface area contributed by atoms with Crippen molar-refractivity contribution in [3.05, 3.63) is 107 Å². The minimum Gasteiger partial charge on any atom is -0.451 e. The van der Waals surface area contributed by atoms with Crippen molar-refractivity contribution >= 4 is 23.6 Å². The molecule has 3 aromatic carbocycles. The third-order valence-electron chi connectivity index (χ3n) is 7.37. The molecule has 0 bridgehead atoms. The molecule has 0 spiro atoms. The highest BCUT2D eigenvalue weighted by atomic mass is 32.2. The van der Waals surface area contributed by atoms with Crippen molar-refractivity contribution < 1.29 is 14.3 Å². The summed E-state index contributed by atoms with van der Waals surface area (Å²) in [5.41, 5.74) is 5.05. The second kappa shape index (κ2) is 9.44. The van der Waals surface area contributed by atoms with E-state index in [9.17, 15) is 9.59 Å². The van der Waals surface area contributed by atoms with Crippen LogP contribution in [0.5, 0.6) is 0 Å². The number of fused-ring (bicyclic) bond motifs is 1. The molecular formula is C30H28N4O3S. The van der Waals surface area contributed by atoms with Crippen LogP contribution in [0.15, 0.2) is 84.9 Å². The van der Waals surface area contributed by atoms with Gasteiger partial charge in [0, 0.05) is 10.3 Å². The van der Waals surface area contributed by atoms with Crippen molar-refractivity contribution in [1.29, 1.82) is 0 Å². The molecule has 8 heteroatoms. The molecule has 7 nitrogen and oxygen atoms in total. The fourth-order valence-electron chi connectivity index (χ4n) is 5.50. The third-order valence-corrected chi connectivity index (χ3v) is 8.94. The van der Waals surface area contributed by atoms with Crippen LogP contribution in [0.1, 0.15) is 48.3 Å². The Morgan fingerprint density at radius 3 is 2.18 bits per heavy atom. The number of hydrogen-bond acceptors (Lipinski definition) is 6. The molecule has 2 saturated heterocycles. The van der Waals surface area contributed by atoms with Crippen LogP contribution in [-0.2, 0) is 14.3 Å². The maximum atomic E-state index is 13.8. The molecule has 0 saturated carbocycles. The molecule has 3 heterocycles. The topological polar surface area (TPSA) is 88.2 Å². The van der Waals surface area contributed by atoms with E-state index in [4.69, 9.17) is 4.74 Å². The van der Waals surface area contributed by atoms with E-state index < -0.39 is 28.8 Å². The SMILES string of the molecule is Cc1ccccc1-c1n[nH]nc1C1C(=O)N2[C@@H]1SC(C)(C)[C@@H]2C(=O)OC(c1ccccc1)c1ccccc1. The minimum atomic E-state index is -0.718. The van der Waals surface area contributed by atoms with Gasteiger partial charge >= 0.3 is 5.97 Å². The quantitative estimate of drug-likeness (QED) is 0.274. The van der Waals surface area contributed by atoms with Crippen LogP contribution >= 0.6 is 11.8 Å². The van der Waals surface area contributed by atoms with Gasteiger partial charge in [0.25, 0.3) is 0 Å². The van der Waals surface area contributed by atoms with E-state index >= 15 is 0 Å². The minimum absolute atomic E-state index is 0.130. The molecule has 2 aliphatic rings. The number of aromatic nitrogens is 3. The molecule has 1 N–H and O–H groups in total. The van der Waals surface area contributed by atoms with Gasteiger partial charge in [0.05, 0.1) is 5.37 Å². The van der Waals surface area contributed by atoms with E-state index in [0.29, 0.717) is 11.4 Å². The van der Waals surface area contributed by atoms with Gasteiger partial charge in [-0.15, -0.1) is 11.8 Å². The van der Waals surface area contributed by atoms with Gasteiger partial charge in [0.1, 0.15) is 23.3 Å². The lowest BCUT2D eigenvalue weighted by Gasteiger charge is -2.43. The summed E-state index contributed by atoms with van der Waals surface area (Å²) >= 11 is 1.61. The molecule has 2 aliphatic heterocycles. The molecule has 2 fully saturated rings. The smallest absolute Gasteiger partial charge is 0.331 e. The lowest BCUT2D eigenvalue weighted by atomic mass is 9.87. The fraction of sp³-hybridized carbons (Fsp3) is 0.267. The van der Waals surface area contributed by atoms with Gasteiger partial charge in [-0.05, 0) is 37.5 Å². The van der Waals surface area contributed by atoms with Crippen molar-refractivity contribution in [3.63, 3.8) is 0 Å². The first-order chi connectivity index (χ1) is 18.4. The number of nitrogens with zero attached hydrogens (tertiary/aromatic N) is 3. The molecule has 3 atom stereocenters. The number of benzene rings is 3.